The zero-order valence-electron chi connectivity index (χ0n) is 11.7. The SMILES string of the molecule is C[C@@H](OC(=O)c1cccc(C#N)c1)C(=O)c1ccc(F)cc1. The number of nitriles is 1. The normalized spacial score (nSPS) is 11.3. The van der Waals surface area contributed by atoms with E-state index in [0.717, 1.165) is 12.1 Å². The van der Waals surface area contributed by atoms with Crippen LogP contribution in [0.5, 0.6) is 0 Å². The molecule has 0 unspecified atom stereocenters. The molecule has 0 aliphatic carbocycles. The fourth-order valence-electron chi connectivity index (χ4n) is 1.85. The average Bonchev–Trinajstić information content (AvgIpc) is 2.54. The van der Waals surface area contributed by atoms with E-state index in [1.165, 1.54) is 31.2 Å². The number of carbonyl (C=O) groups is 2. The Balaban J connectivity index is 2.09. The number of ketones is 1. The van der Waals surface area contributed by atoms with Crippen LogP contribution in [0, 0.1) is 17.1 Å². The Kier molecular flexibility index (Phi) is 4.64. The van der Waals surface area contributed by atoms with Crippen molar-refractivity contribution in [1.29, 1.82) is 5.26 Å². The molecule has 5 heteroatoms. The summed E-state index contributed by atoms with van der Waals surface area (Å²) in [5, 5.41) is 8.80. The third-order valence-corrected chi connectivity index (χ3v) is 3.01. The first-order valence-electron chi connectivity index (χ1n) is 6.52. The summed E-state index contributed by atoms with van der Waals surface area (Å²) in [5.74, 6) is -1.57. The van der Waals surface area contributed by atoms with Crippen molar-refractivity contribution < 1.29 is 18.7 Å². The minimum absolute atomic E-state index is 0.192. The monoisotopic (exact) mass is 297 g/mol. The van der Waals surface area contributed by atoms with Gasteiger partial charge in [-0.1, -0.05) is 6.07 Å². The number of rotatable bonds is 4. The van der Waals surface area contributed by atoms with Crippen molar-refractivity contribution in [2.24, 2.45) is 0 Å². The van der Waals surface area contributed by atoms with Crippen LogP contribution in [-0.4, -0.2) is 17.9 Å². The second-order valence-corrected chi connectivity index (χ2v) is 4.61. The van der Waals surface area contributed by atoms with E-state index in [4.69, 9.17) is 10.00 Å². The van der Waals surface area contributed by atoms with Crippen LogP contribution in [-0.2, 0) is 4.74 Å². The Bertz CT molecular complexity index is 747. The lowest BCUT2D eigenvalue weighted by molar-refractivity contribution is 0.0318. The summed E-state index contributed by atoms with van der Waals surface area (Å²) in [6, 6.07) is 12.9. The first kappa shape index (κ1) is 15.4. The van der Waals surface area contributed by atoms with Crippen LogP contribution in [0.4, 0.5) is 4.39 Å². The van der Waals surface area contributed by atoms with Gasteiger partial charge in [0.15, 0.2) is 6.10 Å². The van der Waals surface area contributed by atoms with Gasteiger partial charge in [-0.3, -0.25) is 4.79 Å². The van der Waals surface area contributed by atoms with Crippen LogP contribution in [0.1, 0.15) is 33.2 Å². The second-order valence-electron chi connectivity index (χ2n) is 4.61. The highest BCUT2D eigenvalue weighted by Crippen LogP contribution is 2.11. The molecule has 22 heavy (non-hydrogen) atoms. The minimum atomic E-state index is -1.01. The number of carbonyl (C=O) groups excluding carboxylic acids is 2. The zero-order chi connectivity index (χ0) is 16.1. The molecule has 0 bridgehead atoms. The molecule has 0 heterocycles. The molecular weight excluding hydrogens is 285 g/mol. The third kappa shape index (κ3) is 3.55. The van der Waals surface area contributed by atoms with Crippen molar-refractivity contribution in [2.75, 3.05) is 0 Å². The highest BCUT2D eigenvalue weighted by molar-refractivity contribution is 6.01. The number of Topliss-reactive ketones (excluding diaryl/α,β-unsaturated/α-hetero) is 1. The molecule has 2 rings (SSSR count). The molecule has 4 nitrogen and oxygen atoms in total. The van der Waals surface area contributed by atoms with Crippen molar-refractivity contribution in [3.05, 3.63) is 71.0 Å². The second kappa shape index (κ2) is 6.64. The Morgan fingerprint density at radius 3 is 2.45 bits per heavy atom. The summed E-state index contributed by atoms with van der Waals surface area (Å²) in [6.07, 6.45) is -1.01. The van der Waals surface area contributed by atoms with E-state index in [0.29, 0.717) is 5.56 Å². The summed E-state index contributed by atoms with van der Waals surface area (Å²) in [6.45, 7) is 1.44. The number of benzene rings is 2. The van der Waals surface area contributed by atoms with Gasteiger partial charge in [0.2, 0.25) is 5.78 Å². The standard InChI is InChI=1S/C17H12FNO3/c1-11(16(20)13-5-7-15(18)8-6-13)22-17(21)14-4-2-3-12(9-14)10-19/h2-9,11H,1H3/t11-/m1/s1. The van der Waals surface area contributed by atoms with Crippen LogP contribution in [0.15, 0.2) is 48.5 Å². The van der Waals surface area contributed by atoms with Crippen molar-refractivity contribution in [3.8, 4) is 6.07 Å². The topological polar surface area (TPSA) is 67.2 Å². The van der Waals surface area contributed by atoms with Crippen molar-refractivity contribution in [1.82, 2.24) is 0 Å². The summed E-state index contributed by atoms with van der Waals surface area (Å²) < 4.78 is 17.9. The number of hydrogen-bond acceptors (Lipinski definition) is 4. The fraction of sp³-hybridized carbons (Fsp3) is 0.118. The number of hydrogen-bond donors (Lipinski definition) is 0. The molecule has 0 fully saturated rings. The van der Waals surface area contributed by atoms with Crippen LogP contribution < -0.4 is 0 Å². The van der Waals surface area contributed by atoms with Crippen LogP contribution in [0.25, 0.3) is 0 Å². The Morgan fingerprint density at radius 1 is 1.14 bits per heavy atom. The molecular formula is C17H12FNO3. The van der Waals surface area contributed by atoms with Crippen molar-refractivity contribution in [2.45, 2.75) is 13.0 Å². The van der Waals surface area contributed by atoms with Crippen molar-refractivity contribution >= 4 is 11.8 Å². The van der Waals surface area contributed by atoms with Gasteiger partial charge in [-0.15, -0.1) is 0 Å². The van der Waals surface area contributed by atoms with Crippen LogP contribution in [0.3, 0.4) is 0 Å². The molecule has 2 aromatic carbocycles. The number of ether oxygens (including phenoxy) is 1. The average molecular weight is 297 g/mol. The first-order valence-corrected chi connectivity index (χ1v) is 6.52. The Labute approximate surface area is 126 Å². The van der Waals surface area contributed by atoms with E-state index in [-0.39, 0.29) is 11.1 Å². The summed E-state index contributed by atoms with van der Waals surface area (Å²) in [7, 11) is 0. The fourth-order valence-corrected chi connectivity index (χ4v) is 1.85. The predicted molar refractivity (Wildman–Crippen MR) is 76.8 cm³/mol. The van der Waals surface area contributed by atoms with Gasteiger partial charge in [-0.2, -0.15) is 5.26 Å². The minimum Gasteiger partial charge on any atom is -0.451 e. The molecule has 2 aromatic rings. The van der Waals surface area contributed by atoms with E-state index in [2.05, 4.69) is 0 Å². The molecule has 0 aliphatic heterocycles. The van der Waals surface area contributed by atoms with Gasteiger partial charge in [0, 0.05) is 5.56 Å². The van der Waals surface area contributed by atoms with E-state index < -0.39 is 23.7 Å². The van der Waals surface area contributed by atoms with E-state index in [9.17, 15) is 14.0 Å². The lowest BCUT2D eigenvalue weighted by atomic mass is 10.1. The van der Waals surface area contributed by atoms with E-state index in [1.807, 2.05) is 6.07 Å². The molecule has 0 aromatic heterocycles. The first-order chi connectivity index (χ1) is 10.5. The molecule has 110 valence electrons. The number of nitrogens with zero attached hydrogens (tertiary/aromatic N) is 1. The van der Waals surface area contributed by atoms with Crippen molar-refractivity contribution in [3.63, 3.8) is 0 Å². The number of halogens is 1. The highest BCUT2D eigenvalue weighted by atomic mass is 19.1. The molecule has 0 amide bonds. The zero-order valence-corrected chi connectivity index (χ0v) is 11.7. The molecule has 0 spiro atoms. The predicted octanol–water partition coefficient (Wildman–Crippen LogP) is 3.13. The summed E-state index contributed by atoms with van der Waals surface area (Å²) >= 11 is 0. The molecule has 1 atom stereocenters. The highest BCUT2D eigenvalue weighted by Gasteiger charge is 2.20. The molecule has 0 saturated carbocycles. The lowest BCUT2D eigenvalue weighted by Gasteiger charge is -2.12. The van der Waals surface area contributed by atoms with Gasteiger partial charge in [0.1, 0.15) is 5.82 Å². The maximum atomic E-state index is 12.8. The van der Waals surface area contributed by atoms with Gasteiger partial charge in [-0.25, -0.2) is 9.18 Å². The lowest BCUT2D eigenvalue weighted by Crippen LogP contribution is -2.24. The third-order valence-electron chi connectivity index (χ3n) is 3.01. The molecule has 0 radical (unpaired) electrons. The van der Waals surface area contributed by atoms with Gasteiger partial charge in [0.05, 0.1) is 17.2 Å². The van der Waals surface area contributed by atoms with E-state index in [1.54, 1.807) is 12.1 Å². The van der Waals surface area contributed by atoms with E-state index >= 15 is 0 Å². The Morgan fingerprint density at radius 2 is 1.82 bits per heavy atom. The van der Waals surface area contributed by atoms with Gasteiger partial charge in [-0.05, 0) is 49.4 Å². The largest absolute Gasteiger partial charge is 0.451 e. The van der Waals surface area contributed by atoms with Crippen LogP contribution in [0.2, 0.25) is 0 Å². The summed E-state index contributed by atoms with van der Waals surface area (Å²) in [5.41, 5.74) is 0.775. The van der Waals surface area contributed by atoms with Crippen LogP contribution >= 0.6 is 0 Å². The molecule has 0 saturated heterocycles. The maximum Gasteiger partial charge on any atom is 0.338 e. The quantitative estimate of drug-likeness (QED) is 0.642. The van der Waals surface area contributed by atoms with Gasteiger partial charge in [0.25, 0.3) is 0 Å². The van der Waals surface area contributed by atoms with Gasteiger partial charge < -0.3 is 4.74 Å². The summed E-state index contributed by atoms with van der Waals surface area (Å²) in [4.78, 5) is 24.1. The Hall–Kier alpha value is -3.00. The molecule has 0 N–H and O–H groups in total. The smallest absolute Gasteiger partial charge is 0.338 e. The number of esters is 1. The van der Waals surface area contributed by atoms with Gasteiger partial charge >= 0.3 is 5.97 Å². The maximum absolute atomic E-state index is 12.8. The molecule has 0 aliphatic rings.